The Kier molecular flexibility index (Phi) is 13.0. The number of benzene rings is 2. The van der Waals surface area contributed by atoms with Crippen molar-refractivity contribution in [2.24, 2.45) is 5.41 Å². The predicted molar refractivity (Wildman–Crippen MR) is 206 cm³/mol. The Morgan fingerprint density at radius 1 is 0.510 bits per heavy atom. The largest absolute Gasteiger partial charge is 0.426 e. The van der Waals surface area contributed by atoms with Gasteiger partial charge in [-0.15, -0.1) is 0 Å². The minimum absolute atomic E-state index is 0.0956. The number of rotatable bonds is 10. The quantitative estimate of drug-likeness (QED) is 0.228. The van der Waals surface area contributed by atoms with Crippen molar-refractivity contribution in [2.45, 2.75) is 157 Å². The summed E-state index contributed by atoms with van der Waals surface area (Å²) in [4.78, 5) is 0. The molecule has 0 amide bonds. The van der Waals surface area contributed by atoms with Crippen molar-refractivity contribution in [2.75, 3.05) is 26.4 Å². The van der Waals surface area contributed by atoms with Crippen LogP contribution in [0, 0.1) is 5.41 Å². The first kappa shape index (κ1) is 40.5. The summed E-state index contributed by atoms with van der Waals surface area (Å²) in [6.45, 7) is 33.3. The van der Waals surface area contributed by atoms with E-state index in [4.69, 9.17) is 27.1 Å². The molecule has 6 nitrogen and oxygen atoms in total. The summed E-state index contributed by atoms with van der Waals surface area (Å²) < 4.78 is 38.8. The smallest absolute Gasteiger partial charge is 0.397 e. The fourth-order valence-electron chi connectivity index (χ4n) is 6.19. The zero-order valence-corrected chi connectivity index (χ0v) is 35.0. The average Bonchev–Trinajstić information content (AvgIpc) is 3.00. The lowest BCUT2D eigenvalue weighted by atomic mass is 9.78. The van der Waals surface area contributed by atoms with Crippen LogP contribution < -0.4 is 9.05 Å². The predicted octanol–water partition coefficient (Wildman–Crippen LogP) is 12.6. The Balaban J connectivity index is 1.48. The first-order valence-corrected chi connectivity index (χ1v) is 20.7. The molecule has 2 aromatic carbocycles. The molecule has 0 radical (unpaired) electrons. The summed E-state index contributed by atoms with van der Waals surface area (Å²) in [5.74, 6) is 1.81. The van der Waals surface area contributed by atoms with Crippen molar-refractivity contribution < 1.29 is 27.1 Å². The highest BCUT2D eigenvalue weighted by atomic mass is 31.2. The van der Waals surface area contributed by atoms with Crippen molar-refractivity contribution in [1.29, 1.82) is 0 Å². The molecule has 2 aliphatic rings. The van der Waals surface area contributed by atoms with Crippen LogP contribution in [0.25, 0.3) is 0 Å². The molecule has 2 heterocycles. The van der Waals surface area contributed by atoms with Gasteiger partial charge in [0.1, 0.15) is 11.5 Å². The molecule has 0 atom stereocenters. The van der Waals surface area contributed by atoms with Gasteiger partial charge in [0.05, 0.1) is 31.8 Å². The maximum Gasteiger partial charge on any atom is 0.397 e. The Morgan fingerprint density at radius 2 is 0.776 bits per heavy atom. The highest BCUT2D eigenvalue weighted by Gasteiger charge is 2.46. The van der Waals surface area contributed by atoms with E-state index in [1.54, 1.807) is 0 Å². The van der Waals surface area contributed by atoms with Gasteiger partial charge in [-0.1, -0.05) is 134 Å². The molecule has 276 valence electrons. The van der Waals surface area contributed by atoms with Crippen molar-refractivity contribution in [1.82, 2.24) is 0 Å². The maximum atomic E-state index is 6.71. The minimum Gasteiger partial charge on any atom is -0.426 e. The van der Waals surface area contributed by atoms with Crippen LogP contribution in [0.3, 0.4) is 0 Å². The van der Waals surface area contributed by atoms with E-state index in [0.717, 1.165) is 24.3 Å². The van der Waals surface area contributed by atoms with E-state index in [0.29, 0.717) is 26.4 Å². The molecule has 0 aliphatic carbocycles. The van der Waals surface area contributed by atoms with Crippen LogP contribution in [0.4, 0.5) is 0 Å². The third-order valence-corrected chi connectivity index (χ3v) is 11.4. The van der Waals surface area contributed by atoms with Crippen LogP contribution in [-0.2, 0) is 52.6 Å². The van der Waals surface area contributed by atoms with E-state index in [9.17, 15) is 0 Å². The van der Waals surface area contributed by atoms with Crippen LogP contribution in [-0.4, -0.2) is 26.4 Å². The lowest BCUT2D eigenvalue weighted by Crippen LogP contribution is -2.45. The topological polar surface area (TPSA) is 55.4 Å². The van der Waals surface area contributed by atoms with E-state index in [1.165, 1.54) is 59.1 Å². The molecule has 49 heavy (non-hydrogen) atoms. The van der Waals surface area contributed by atoms with Crippen LogP contribution in [0.5, 0.6) is 11.5 Å². The molecule has 8 heteroatoms. The third kappa shape index (κ3) is 10.4. The SMILES string of the molecule is CCCCc1cc(C(C)(C)C)c(OP2OCC3(CO2)COP(Oc2c(C(C)(C)C)cc(CCCC)cc2C(C)(C)C)OC3)c(C(C)(C)C)c1. The third-order valence-electron chi connectivity index (χ3n) is 9.40. The first-order chi connectivity index (χ1) is 22.7. The number of aryl methyl sites for hydroxylation is 2. The summed E-state index contributed by atoms with van der Waals surface area (Å²) >= 11 is 0. The number of hydrogen-bond donors (Lipinski definition) is 0. The van der Waals surface area contributed by atoms with E-state index >= 15 is 0 Å². The molecule has 2 aliphatic heterocycles. The van der Waals surface area contributed by atoms with Gasteiger partial charge in [0.15, 0.2) is 0 Å². The van der Waals surface area contributed by atoms with Crippen LogP contribution in [0.2, 0.25) is 0 Å². The molecule has 0 unspecified atom stereocenters. The minimum atomic E-state index is -1.58. The van der Waals surface area contributed by atoms with Gasteiger partial charge in [-0.25, -0.2) is 0 Å². The molecule has 0 N–H and O–H groups in total. The van der Waals surface area contributed by atoms with Gasteiger partial charge in [0.2, 0.25) is 0 Å². The summed E-state index contributed by atoms with van der Waals surface area (Å²) in [6, 6.07) is 9.34. The molecule has 4 rings (SSSR count). The highest BCUT2D eigenvalue weighted by molar-refractivity contribution is 7.42. The monoisotopic (exact) mass is 716 g/mol. The Hall–Kier alpha value is -1.26. The van der Waals surface area contributed by atoms with E-state index in [-0.39, 0.29) is 21.7 Å². The molecule has 0 aromatic heterocycles. The van der Waals surface area contributed by atoms with Gasteiger partial charge in [-0.05, 0) is 58.5 Å². The lowest BCUT2D eigenvalue weighted by Gasteiger charge is -2.42. The molecule has 1 spiro atoms. The number of unbranched alkanes of at least 4 members (excludes halogenated alkanes) is 2. The summed E-state index contributed by atoms with van der Waals surface area (Å²) in [5.41, 5.74) is 6.77. The van der Waals surface area contributed by atoms with Crippen molar-refractivity contribution >= 4 is 17.2 Å². The van der Waals surface area contributed by atoms with E-state index < -0.39 is 22.6 Å². The van der Waals surface area contributed by atoms with Crippen LogP contribution >= 0.6 is 17.2 Å². The second-order valence-electron chi connectivity index (χ2n) is 18.5. The van der Waals surface area contributed by atoms with Gasteiger partial charge in [0, 0.05) is 22.3 Å². The normalized spacial score (nSPS) is 22.4. The van der Waals surface area contributed by atoms with Gasteiger partial charge in [-0.2, -0.15) is 0 Å². The summed E-state index contributed by atoms with van der Waals surface area (Å²) in [5, 5.41) is 0. The number of hydrogen-bond acceptors (Lipinski definition) is 6. The molecule has 2 fully saturated rings. The van der Waals surface area contributed by atoms with Crippen molar-refractivity contribution in [3.05, 3.63) is 57.6 Å². The van der Waals surface area contributed by atoms with Crippen molar-refractivity contribution in [3.8, 4) is 11.5 Å². The van der Waals surface area contributed by atoms with E-state index in [1.807, 2.05) is 0 Å². The Labute approximate surface area is 301 Å². The van der Waals surface area contributed by atoms with Crippen LogP contribution in [0.1, 0.15) is 156 Å². The van der Waals surface area contributed by atoms with Gasteiger partial charge in [0.25, 0.3) is 0 Å². The Morgan fingerprint density at radius 3 is 1.00 bits per heavy atom. The van der Waals surface area contributed by atoms with Gasteiger partial charge >= 0.3 is 17.2 Å². The first-order valence-electron chi connectivity index (χ1n) is 18.5. The molecular weight excluding hydrogens is 650 g/mol. The zero-order chi connectivity index (χ0) is 36.4. The second-order valence-corrected chi connectivity index (χ2v) is 20.8. The van der Waals surface area contributed by atoms with Gasteiger partial charge < -0.3 is 27.1 Å². The van der Waals surface area contributed by atoms with Crippen LogP contribution in [0.15, 0.2) is 24.3 Å². The molecule has 2 saturated heterocycles. The molecule has 2 aromatic rings. The van der Waals surface area contributed by atoms with Gasteiger partial charge in [-0.3, -0.25) is 0 Å². The fourth-order valence-corrected chi connectivity index (χ4v) is 8.76. The lowest BCUT2D eigenvalue weighted by molar-refractivity contribution is -0.0674. The zero-order valence-electron chi connectivity index (χ0n) is 33.2. The highest BCUT2D eigenvalue weighted by Crippen LogP contribution is 2.56. The van der Waals surface area contributed by atoms with E-state index in [2.05, 4.69) is 121 Å². The molecule has 0 bridgehead atoms. The average molecular weight is 717 g/mol. The fraction of sp³-hybridized carbons (Fsp3) is 0.707. The van der Waals surface area contributed by atoms with Crippen molar-refractivity contribution in [3.63, 3.8) is 0 Å². The molecular formula is C41H66O6P2. The Bertz CT molecular complexity index is 1210. The maximum absolute atomic E-state index is 6.71. The summed E-state index contributed by atoms with van der Waals surface area (Å²) in [6.07, 6.45) is 6.83. The standard InChI is InChI=1S/C41H66O6P2/c1-15-17-19-29-21-31(37(3,4)5)35(32(22-29)38(6,7)8)46-48-42-25-41(26-43-48)27-44-49(45-28-41)47-36-33(39(9,10)11)23-30(20-18-16-2)24-34(36)40(12,13)14/h21-24H,15-20,25-28H2,1-14H3. The summed E-state index contributed by atoms with van der Waals surface area (Å²) in [7, 11) is -3.15. The molecule has 0 saturated carbocycles. The second kappa shape index (κ2) is 15.8.